The number of H-pyrrole nitrogens is 1. The Bertz CT molecular complexity index is 758. The van der Waals surface area contributed by atoms with Gasteiger partial charge in [0.1, 0.15) is 5.82 Å². The van der Waals surface area contributed by atoms with Crippen molar-refractivity contribution in [1.29, 1.82) is 0 Å². The number of carbonyl (C=O) groups is 1. The Morgan fingerprint density at radius 3 is 2.88 bits per heavy atom. The largest absolute Gasteiger partial charge is 0.465 e. The van der Waals surface area contributed by atoms with Gasteiger partial charge < -0.3 is 10.4 Å². The summed E-state index contributed by atoms with van der Waals surface area (Å²) in [6.07, 6.45) is 8.74. The molecule has 2 saturated carbocycles. The minimum Gasteiger partial charge on any atom is -0.465 e. The minimum atomic E-state index is -0.791. The van der Waals surface area contributed by atoms with Crippen molar-refractivity contribution < 1.29 is 9.90 Å². The summed E-state index contributed by atoms with van der Waals surface area (Å²) in [5.74, 6) is 1.64. The van der Waals surface area contributed by atoms with Crippen LogP contribution in [0, 0.1) is 0 Å². The molecule has 8 heteroatoms. The van der Waals surface area contributed by atoms with Gasteiger partial charge in [-0.1, -0.05) is 0 Å². The first-order chi connectivity index (χ1) is 12.0. The summed E-state index contributed by atoms with van der Waals surface area (Å²) in [5, 5.41) is 20.1. The normalized spacial score (nSPS) is 24.0. The number of carboxylic acid groups (broad SMARTS) is 1. The lowest BCUT2D eigenvalue weighted by Gasteiger charge is -2.32. The van der Waals surface area contributed by atoms with Crippen molar-refractivity contribution >= 4 is 17.7 Å². The van der Waals surface area contributed by atoms with Crippen molar-refractivity contribution in [2.45, 2.75) is 56.5 Å². The fourth-order valence-electron chi connectivity index (χ4n) is 3.83. The summed E-state index contributed by atoms with van der Waals surface area (Å²) >= 11 is 0. The van der Waals surface area contributed by atoms with E-state index in [-0.39, 0.29) is 11.6 Å². The van der Waals surface area contributed by atoms with Crippen molar-refractivity contribution in [1.82, 2.24) is 25.1 Å². The highest BCUT2D eigenvalue weighted by molar-refractivity contribution is 5.67. The van der Waals surface area contributed by atoms with Crippen LogP contribution in [0.1, 0.15) is 50.6 Å². The van der Waals surface area contributed by atoms with Crippen LogP contribution in [0.3, 0.4) is 0 Å². The molecule has 25 heavy (non-hydrogen) atoms. The van der Waals surface area contributed by atoms with Crippen molar-refractivity contribution in [3.63, 3.8) is 0 Å². The van der Waals surface area contributed by atoms with Gasteiger partial charge in [0, 0.05) is 41.7 Å². The highest BCUT2D eigenvalue weighted by Gasteiger charge is 2.50. The molecule has 0 saturated heterocycles. The Hall–Kier alpha value is -2.64. The molecule has 2 fully saturated rings. The molecule has 0 aromatic carbocycles. The van der Waals surface area contributed by atoms with Gasteiger partial charge in [0.15, 0.2) is 5.82 Å². The molecular weight excluding hydrogens is 320 g/mol. The Labute approximate surface area is 145 Å². The van der Waals surface area contributed by atoms with Crippen LogP contribution in [-0.4, -0.2) is 47.8 Å². The number of nitrogens with one attached hydrogen (secondary N) is 2. The van der Waals surface area contributed by atoms with Gasteiger partial charge in [-0.3, -0.25) is 15.0 Å². The molecule has 132 valence electrons. The van der Waals surface area contributed by atoms with Crippen LogP contribution in [0.4, 0.5) is 16.4 Å². The van der Waals surface area contributed by atoms with E-state index in [1.54, 1.807) is 23.5 Å². The molecule has 4 rings (SSSR count). The first-order valence-corrected chi connectivity index (χ1v) is 8.66. The number of nitrogens with zero attached hydrogens (tertiary/aromatic N) is 4. The van der Waals surface area contributed by atoms with Gasteiger partial charge in [-0.25, -0.2) is 9.78 Å². The van der Waals surface area contributed by atoms with Gasteiger partial charge in [0.25, 0.3) is 0 Å². The molecule has 2 aromatic heterocycles. The topological polar surface area (TPSA) is 107 Å². The zero-order valence-corrected chi connectivity index (χ0v) is 14.1. The van der Waals surface area contributed by atoms with Gasteiger partial charge in [-0.15, -0.1) is 0 Å². The maximum atomic E-state index is 11.7. The predicted molar refractivity (Wildman–Crippen MR) is 91.8 cm³/mol. The van der Waals surface area contributed by atoms with Crippen molar-refractivity contribution in [2.24, 2.45) is 0 Å². The second-order valence-electron chi connectivity index (χ2n) is 7.24. The summed E-state index contributed by atoms with van der Waals surface area (Å²) < 4.78 is 0. The SMILES string of the molecule is CC1(N(C(=O)O)[C@H]2CC[C@@H](c3cc(Nc4cnccn4)n[nH]3)C2)CC1. The average molecular weight is 342 g/mol. The number of rotatable bonds is 5. The van der Waals surface area contributed by atoms with Gasteiger partial charge in [-0.05, 0) is 39.0 Å². The Kier molecular flexibility index (Phi) is 3.82. The second-order valence-corrected chi connectivity index (χ2v) is 7.24. The first-order valence-electron chi connectivity index (χ1n) is 8.66. The smallest absolute Gasteiger partial charge is 0.408 e. The van der Waals surface area contributed by atoms with Crippen LogP contribution in [0.5, 0.6) is 0 Å². The summed E-state index contributed by atoms with van der Waals surface area (Å²) in [5.41, 5.74) is 0.887. The zero-order valence-electron chi connectivity index (χ0n) is 14.1. The summed E-state index contributed by atoms with van der Waals surface area (Å²) in [4.78, 5) is 21.6. The number of hydrogen-bond acceptors (Lipinski definition) is 5. The summed E-state index contributed by atoms with van der Waals surface area (Å²) in [7, 11) is 0. The summed E-state index contributed by atoms with van der Waals surface area (Å²) in [6, 6.07) is 2.07. The maximum absolute atomic E-state index is 11.7. The van der Waals surface area contributed by atoms with Gasteiger partial charge in [0.05, 0.1) is 6.20 Å². The molecule has 0 aliphatic heterocycles. The Balaban J connectivity index is 1.43. The van der Waals surface area contributed by atoms with Crippen LogP contribution in [-0.2, 0) is 0 Å². The van der Waals surface area contributed by atoms with E-state index in [1.807, 2.05) is 13.0 Å². The lowest BCUT2D eigenvalue weighted by Crippen LogP contribution is -2.45. The number of aromatic amines is 1. The van der Waals surface area contributed by atoms with Crippen molar-refractivity contribution in [2.75, 3.05) is 5.32 Å². The quantitative estimate of drug-likeness (QED) is 0.771. The summed E-state index contributed by atoms with van der Waals surface area (Å²) in [6.45, 7) is 2.05. The van der Waals surface area contributed by atoms with Crippen LogP contribution in [0.15, 0.2) is 24.7 Å². The van der Waals surface area contributed by atoms with Gasteiger partial charge in [-0.2, -0.15) is 5.10 Å². The zero-order chi connectivity index (χ0) is 17.4. The Morgan fingerprint density at radius 2 is 2.20 bits per heavy atom. The van der Waals surface area contributed by atoms with E-state index in [0.717, 1.165) is 37.8 Å². The van der Waals surface area contributed by atoms with Crippen LogP contribution in [0.2, 0.25) is 0 Å². The van der Waals surface area contributed by atoms with Crippen LogP contribution >= 0.6 is 0 Å². The molecule has 3 N–H and O–H groups in total. The fourth-order valence-corrected chi connectivity index (χ4v) is 3.83. The lowest BCUT2D eigenvalue weighted by molar-refractivity contribution is 0.0955. The second kappa shape index (κ2) is 6.02. The van der Waals surface area contributed by atoms with Crippen molar-refractivity contribution in [3.8, 4) is 0 Å². The minimum absolute atomic E-state index is 0.0923. The van der Waals surface area contributed by atoms with E-state index in [0.29, 0.717) is 17.6 Å². The van der Waals surface area contributed by atoms with E-state index in [1.165, 1.54) is 0 Å². The molecule has 2 heterocycles. The highest BCUT2D eigenvalue weighted by atomic mass is 16.4. The van der Waals surface area contributed by atoms with Gasteiger partial charge in [0.2, 0.25) is 0 Å². The highest BCUT2D eigenvalue weighted by Crippen LogP contribution is 2.47. The van der Waals surface area contributed by atoms with E-state index < -0.39 is 6.09 Å². The van der Waals surface area contributed by atoms with E-state index >= 15 is 0 Å². The van der Waals surface area contributed by atoms with E-state index in [4.69, 9.17) is 0 Å². The molecular formula is C17H22N6O2. The molecule has 1 amide bonds. The molecule has 0 unspecified atom stereocenters. The number of anilines is 2. The van der Waals surface area contributed by atoms with Crippen molar-refractivity contribution in [3.05, 3.63) is 30.4 Å². The molecule has 2 atom stereocenters. The predicted octanol–water partition coefficient (Wildman–Crippen LogP) is 3.11. The maximum Gasteiger partial charge on any atom is 0.408 e. The molecule has 0 radical (unpaired) electrons. The average Bonchev–Trinajstić information content (AvgIpc) is 3.00. The number of hydrogen-bond donors (Lipinski definition) is 3. The standard InChI is InChI=1S/C17H22N6O2/c1-17(4-5-17)23(16(24)25)12-3-2-11(8-12)13-9-14(22-21-13)20-15-10-18-6-7-19-15/h6-7,9-12H,2-5,8H2,1H3,(H,24,25)(H2,19,20,21,22)/t11-,12+/m1/s1. The Morgan fingerprint density at radius 1 is 1.36 bits per heavy atom. The number of aromatic nitrogens is 4. The van der Waals surface area contributed by atoms with Gasteiger partial charge >= 0.3 is 6.09 Å². The number of amides is 1. The molecule has 2 aromatic rings. The molecule has 0 bridgehead atoms. The van der Waals surface area contributed by atoms with Crippen LogP contribution < -0.4 is 5.32 Å². The third kappa shape index (κ3) is 3.16. The molecule has 8 nitrogen and oxygen atoms in total. The lowest BCUT2D eigenvalue weighted by atomic mass is 10.0. The van der Waals surface area contributed by atoms with E-state index in [2.05, 4.69) is 25.5 Å². The van der Waals surface area contributed by atoms with E-state index in [9.17, 15) is 9.90 Å². The molecule has 0 spiro atoms. The monoisotopic (exact) mass is 342 g/mol. The fraction of sp³-hybridized carbons (Fsp3) is 0.529. The first kappa shape index (κ1) is 15.9. The molecule has 2 aliphatic rings. The third-order valence-electron chi connectivity index (χ3n) is 5.39. The van der Waals surface area contributed by atoms with Crippen LogP contribution in [0.25, 0.3) is 0 Å². The third-order valence-corrected chi connectivity index (χ3v) is 5.39. The molecule has 2 aliphatic carbocycles.